The monoisotopic (exact) mass is 326 g/mol. The van der Waals surface area contributed by atoms with Crippen molar-refractivity contribution in [3.05, 3.63) is 63.6 Å². The zero-order chi connectivity index (χ0) is 17.1. The van der Waals surface area contributed by atoms with Gasteiger partial charge in [-0.1, -0.05) is 36.8 Å². The maximum absolute atomic E-state index is 13.1. The fraction of sp³-hybridized carbons (Fsp3) is 0.450. The molecule has 1 fully saturated rings. The van der Waals surface area contributed by atoms with E-state index in [1.807, 2.05) is 44.2 Å². The summed E-state index contributed by atoms with van der Waals surface area (Å²) in [6.07, 6.45) is 3.51. The molecule has 1 aromatic carbocycles. The molecule has 3 rings (SSSR count). The highest BCUT2D eigenvalue weighted by atomic mass is 16.3. The predicted molar refractivity (Wildman–Crippen MR) is 96.5 cm³/mol. The molecule has 0 saturated carbocycles. The normalized spacial score (nSPS) is 16.9. The fourth-order valence-electron chi connectivity index (χ4n) is 3.79. The Labute approximate surface area is 143 Å². The highest BCUT2D eigenvalue weighted by Crippen LogP contribution is 2.34. The first kappa shape index (κ1) is 16.8. The Morgan fingerprint density at radius 2 is 1.79 bits per heavy atom. The minimum absolute atomic E-state index is 0.0746. The average Bonchev–Trinajstić information content (AvgIpc) is 2.60. The van der Waals surface area contributed by atoms with Crippen molar-refractivity contribution in [3.63, 3.8) is 0 Å². The highest BCUT2D eigenvalue weighted by Gasteiger charge is 2.29. The number of aromatic hydroxyl groups is 1. The summed E-state index contributed by atoms with van der Waals surface area (Å²) in [5, 5.41) is 10.6. The van der Waals surface area contributed by atoms with Gasteiger partial charge in [0.2, 0.25) is 0 Å². The maximum Gasteiger partial charge on any atom is 0.259 e. The van der Waals surface area contributed by atoms with Crippen LogP contribution in [0.5, 0.6) is 5.75 Å². The molecule has 0 radical (unpaired) electrons. The zero-order valence-electron chi connectivity index (χ0n) is 14.5. The number of pyridine rings is 1. The largest absolute Gasteiger partial charge is 0.507 e. The minimum atomic E-state index is -0.183. The Balaban J connectivity index is 2.18. The van der Waals surface area contributed by atoms with Crippen LogP contribution in [0.1, 0.15) is 49.0 Å². The molecule has 1 N–H and O–H groups in total. The first-order chi connectivity index (χ1) is 11.6. The molecule has 4 heteroatoms. The molecule has 0 bridgehead atoms. The van der Waals surface area contributed by atoms with Gasteiger partial charge in [-0.25, -0.2) is 0 Å². The molecule has 1 aliphatic heterocycles. The lowest BCUT2D eigenvalue weighted by Gasteiger charge is -2.35. The van der Waals surface area contributed by atoms with Crippen LogP contribution in [0, 0.1) is 6.92 Å². The number of rotatable bonds is 4. The summed E-state index contributed by atoms with van der Waals surface area (Å²) in [5.41, 5.74) is 2.30. The van der Waals surface area contributed by atoms with Crippen molar-refractivity contribution in [2.24, 2.45) is 0 Å². The van der Waals surface area contributed by atoms with Crippen LogP contribution in [0.3, 0.4) is 0 Å². The predicted octanol–water partition coefficient (Wildman–Crippen LogP) is 3.46. The summed E-state index contributed by atoms with van der Waals surface area (Å²) in [4.78, 5) is 15.4. The van der Waals surface area contributed by atoms with Gasteiger partial charge in [0.05, 0.1) is 11.6 Å². The molecule has 2 heterocycles. The Kier molecular flexibility index (Phi) is 5.05. The molecule has 1 atom stereocenters. The molecule has 128 valence electrons. The topological polar surface area (TPSA) is 45.5 Å². The van der Waals surface area contributed by atoms with Crippen molar-refractivity contribution in [1.82, 2.24) is 9.47 Å². The molecule has 1 aliphatic rings. The second kappa shape index (κ2) is 7.22. The van der Waals surface area contributed by atoms with E-state index in [1.54, 1.807) is 10.6 Å². The smallest absolute Gasteiger partial charge is 0.259 e. The van der Waals surface area contributed by atoms with Crippen molar-refractivity contribution in [1.29, 1.82) is 0 Å². The van der Waals surface area contributed by atoms with E-state index in [4.69, 9.17) is 0 Å². The first-order valence-electron chi connectivity index (χ1n) is 8.85. The van der Waals surface area contributed by atoms with E-state index in [0.29, 0.717) is 12.1 Å². The van der Waals surface area contributed by atoms with Gasteiger partial charge in [-0.05, 0) is 51.4 Å². The van der Waals surface area contributed by atoms with Gasteiger partial charge in [0.1, 0.15) is 5.75 Å². The SMILES string of the molecule is CCn1c(C)cc(O)c([C@@H](c2ccccc2)N2CCCCC2)c1=O. The number of piperidine rings is 1. The van der Waals surface area contributed by atoms with Crippen LogP contribution in [-0.4, -0.2) is 27.7 Å². The molecular formula is C20H26N2O2. The van der Waals surface area contributed by atoms with Crippen LogP contribution < -0.4 is 5.56 Å². The van der Waals surface area contributed by atoms with Gasteiger partial charge >= 0.3 is 0 Å². The number of likely N-dealkylation sites (tertiary alicyclic amines) is 1. The summed E-state index contributed by atoms with van der Waals surface area (Å²) >= 11 is 0. The molecular weight excluding hydrogens is 300 g/mol. The minimum Gasteiger partial charge on any atom is -0.507 e. The van der Waals surface area contributed by atoms with Crippen molar-refractivity contribution < 1.29 is 5.11 Å². The summed E-state index contributed by atoms with van der Waals surface area (Å²) < 4.78 is 1.74. The summed E-state index contributed by atoms with van der Waals surface area (Å²) in [6.45, 7) is 6.36. The van der Waals surface area contributed by atoms with Gasteiger partial charge in [-0.3, -0.25) is 9.69 Å². The summed E-state index contributed by atoms with van der Waals surface area (Å²) in [5.74, 6) is 0.113. The quantitative estimate of drug-likeness (QED) is 0.936. The lowest BCUT2D eigenvalue weighted by Crippen LogP contribution is -2.38. The second-order valence-corrected chi connectivity index (χ2v) is 6.54. The van der Waals surface area contributed by atoms with Crippen molar-refractivity contribution in [2.45, 2.75) is 45.7 Å². The standard InChI is InChI=1S/C20H26N2O2/c1-3-22-15(2)14-17(23)18(20(22)24)19(16-10-6-4-7-11-16)21-12-8-5-9-13-21/h4,6-7,10-11,14,19,23H,3,5,8-9,12-13H2,1-2H3/t19-/m1/s1. The van der Waals surface area contributed by atoms with E-state index in [0.717, 1.165) is 37.2 Å². The number of nitrogens with zero attached hydrogens (tertiary/aromatic N) is 2. The van der Waals surface area contributed by atoms with Crippen LogP contribution in [-0.2, 0) is 6.54 Å². The van der Waals surface area contributed by atoms with Gasteiger partial charge in [-0.2, -0.15) is 0 Å². The van der Waals surface area contributed by atoms with Crippen molar-refractivity contribution >= 4 is 0 Å². The molecule has 0 amide bonds. The van der Waals surface area contributed by atoms with E-state index in [1.165, 1.54) is 6.42 Å². The third-order valence-corrected chi connectivity index (χ3v) is 4.98. The Morgan fingerprint density at radius 3 is 2.42 bits per heavy atom. The summed E-state index contributed by atoms with van der Waals surface area (Å²) in [6, 6.07) is 11.6. The molecule has 0 unspecified atom stereocenters. The zero-order valence-corrected chi connectivity index (χ0v) is 14.5. The molecule has 24 heavy (non-hydrogen) atoms. The molecule has 1 aromatic heterocycles. The van der Waals surface area contributed by atoms with Gasteiger partial charge < -0.3 is 9.67 Å². The lowest BCUT2D eigenvalue weighted by atomic mass is 9.94. The Hall–Kier alpha value is -2.07. The van der Waals surface area contributed by atoms with Gasteiger partial charge in [-0.15, -0.1) is 0 Å². The number of aryl methyl sites for hydroxylation is 1. The first-order valence-corrected chi connectivity index (χ1v) is 8.85. The maximum atomic E-state index is 13.1. The third kappa shape index (κ3) is 3.11. The molecule has 2 aromatic rings. The molecule has 4 nitrogen and oxygen atoms in total. The van der Waals surface area contributed by atoms with Gasteiger partial charge in [0, 0.05) is 12.2 Å². The van der Waals surface area contributed by atoms with E-state index < -0.39 is 0 Å². The Morgan fingerprint density at radius 1 is 1.12 bits per heavy atom. The number of aromatic nitrogens is 1. The van der Waals surface area contributed by atoms with Crippen LogP contribution in [0.4, 0.5) is 0 Å². The van der Waals surface area contributed by atoms with Crippen LogP contribution in [0.25, 0.3) is 0 Å². The van der Waals surface area contributed by atoms with Gasteiger partial charge in [0.15, 0.2) is 0 Å². The molecule has 0 aliphatic carbocycles. The van der Waals surface area contributed by atoms with E-state index in [9.17, 15) is 9.90 Å². The Bertz CT molecular complexity index is 746. The third-order valence-electron chi connectivity index (χ3n) is 4.98. The van der Waals surface area contributed by atoms with Crippen molar-refractivity contribution in [2.75, 3.05) is 13.1 Å². The average molecular weight is 326 g/mol. The van der Waals surface area contributed by atoms with Gasteiger partial charge in [0.25, 0.3) is 5.56 Å². The van der Waals surface area contributed by atoms with E-state index in [-0.39, 0.29) is 17.4 Å². The fourth-order valence-corrected chi connectivity index (χ4v) is 3.79. The number of hydrogen-bond acceptors (Lipinski definition) is 3. The number of benzene rings is 1. The molecule has 1 saturated heterocycles. The number of hydrogen-bond donors (Lipinski definition) is 1. The second-order valence-electron chi connectivity index (χ2n) is 6.54. The summed E-state index contributed by atoms with van der Waals surface area (Å²) in [7, 11) is 0. The van der Waals surface area contributed by atoms with Crippen LogP contribution in [0.15, 0.2) is 41.2 Å². The van der Waals surface area contributed by atoms with E-state index in [2.05, 4.69) is 4.90 Å². The molecule has 0 spiro atoms. The van der Waals surface area contributed by atoms with Crippen molar-refractivity contribution in [3.8, 4) is 5.75 Å². The van der Waals surface area contributed by atoms with E-state index >= 15 is 0 Å². The lowest BCUT2D eigenvalue weighted by molar-refractivity contribution is 0.183. The highest BCUT2D eigenvalue weighted by molar-refractivity contribution is 5.41. The van der Waals surface area contributed by atoms with Crippen LogP contribution >= 0.6 is 0 Å². The van der Waals surface area contributed by atoms with Crippen LogP contribution in [0.2, 0.25) is 0 Å².